The number of hydrogen-bond donors (Lipinski definition) is 0. The summed E-state index contributed by atoms with van der Waals surface area (Å²) in [6, 6.07) is 2.03. The number of aryl methyl sites for hydroxylation is 1. The number of aromatic nitrogens is 2. The molecule has 0 saturated carbocycles. The Hall–Kier alpha value is -1.93. The third-order valence-electron chi connectivity index (χ3n) is 4.65. The largest absolute Gasteiger partial charge is 0.378 e. The Kier molecular flexibility index (Phi) is 5.70. The highest BCUT2D eigenvalue weighted by Crippen LogP contribution is 2.18. The lowest BCUT2D eigenvalue weighted by Gasteiger charge is -2.36. The van der Waals surface area contributed by atoms with Crippen molar-refractivity contribution in [2.45, 2.75) is 6.92 Å². The van der Waals surface area contributed by atoms with Gasteiger partial charge in [-0.1, -0.05) is 0 Å². The van der Waals surface area contributed by atoms with Crippen LogP contribution < -0.4 is 9.80 Å². The summed E-state index contributed by atoms with van der Waals surface area (Å²) in [5, 5.41) is 0. The molecule has 25 heavy (non-hydrogen) atoms. The monoisotopic (exact) mass is 348 g/mol. The fourth-order valence-corrected chi connectivity index (χ4v) is 3.14. The molecular formula is C17H28N6O2. The zero-order chi connectivity index (χ0) is 17.8. The topological polar surface area (TPSA) is 65.0 Å². The van der Waals surface area contributed by atoms with Crippen molar-refractivity contribution in [3.05, 3.63) is 11.8 Å². The summed E-state index contributed by atoms with van der Waals surface area (Å²) < 4.78 is 5.31. The smallest absolute Gasteiger partial charge is 0.236 e. The van der Waals surface area contributed by atoms with Crippen LogP contribution in [0, 0.1) is 6.92 Å². The van der Waals surface area contributed by atoms with Gasteiger partial charge in [-0.3, -0.25) is 9.69 Å². The molecule has 0 bridgehead atoms. The normalized spacial score (nSPS) is 19.2. The maximum atomic E-state index is 12.4. The molecule has 0 atom stereocenters. The quantitative estimate of drug-likeness (QED) is 0.749. The van der Waals surface area contributed by atoms with E-state index in [0.717, 1.165) is 43.6 Å². The van der Waals surface area contributed by atoms with Gasteiger partial charge in [0.1, 0.15) is 5.82 Å². The van der Waals surface area contributed by atoms with E-state index < -0.39 is 0 Å². The molecule has 0 aliphatic carbocycles. The summed E-state index contributed by atoms with van der Waals surface area (Å²) in [6.07, 6.45) is 0. The first kappa shape index (κ1) is 17.9. The fourth-order valence-electron chi connectivity index (χ4n) is 3.14. The molecular weight excluding hydrogens is 320 g/mol. The van der Waals surface area contributed by atoms with Crippen LogP contribution in [0.3, 0.4) is 0 Å². The number of piperazine rings is 1. The van der Waals surface area contributed by atoms with Gasteiger partial charge >= 0.3 is 0 Å². The fraction of sp³-hybridized carbons (Fsp3) is 0.706. The summed E-state index contributed by atoms with van der Waals surface area (Å²) in [6.45, 7) is 8.72. The highest BCUT2D eigenvalue weighted by atomic mass is 16.5. The molecule has 8 nitrogen and oxygen atoms in total. The first-order valence-electron chi connectivity index (χ1n) is 8.89. The van der Waals surface area contributed by atoms with Gasteiger partial charge in [-0.2, -0.15) is 4.98 Å². The minimum atomic E-state index is 0.213. The molecule has 3 rings (SSSR count). The van der Waals surface area contributed by atoms with E-state index in [1.807, 2.05) is 36.9 Å². The van der Waals surface area contributed by atoms with Gasteiger partial charge in [0, 0.05) is 65.1 Å². The molecule has 0 spiro atoms. The van der Waals surface area contributed by atoms with Gasteiger partial charge in [0.25, 0.3) is 0 Å². The second kappa shape index (κ2) is 7.97. The number of nitrogens with zero attached hydrogens (tertiary/aromatic N) is 6. The van der Waals surface area contributed by atoms with Gasteiger partial charge in [0.15, 0.2) is 0 Å². The second-order valence-corrected chi connectivity index (χ2v) is 6.82. The van der Waals surface area contributed by atoms with Crippen molar-refractivity contribution >= 4 is 17.7 Å². The number of hydrogen-bond acceptors (Lipinski definition) is 7. The van der Waals surface area contributed by atoms with E-state index in [1.54, 1.807) is 0 Å². The summed E-state index contributed by atoms with van der Waals surface area (Å²) >= 11 is 0. The Labute approximate surface area is 149 Å². The van der Waals surface area contributed by atoms with Crippen LogP contribution in [0.5, 0.6) is 0 Å². The minimum Gasteiger partial charge on any atom is -0.378 e. The molecule has 0 unspecified atom stereocenters. The van der Waals surface area contributed by atoms with Crippen molar-refractivity contribution in [1.29, 1.82) is 0 Å². The first-order valence-corrected chi connectivity index (χ1v) is 8.89. The zero-order valence-electron chi connectivity index (χ0n) is 15.4. The van der Waals surface area contributed by atoms with E-state index in [2.05, 4.69) is 19.8 Å². The zero-order valence-corrected chi connectivity index (χ0v) is 15.4. The van der Waals surface area contributed by atoms with Crippen molar-refractivity contribution < 1.29 is 9.53 Å². The van der Waals surface area contributed by atoms with E-state index in [0.29, 0.717) is 32.8 Å². The molecule has 8 heteroatoms. The van der Waals surface area contributed by atoms with Crippen molar-refractivity contribution in [2.75, 3.05) is 82.9 Å². The van der Waals surface area contributed by atoms with Gasteiger partial charge in [-0.25, -0.2) is 4.98 Å². The number of carbonyl (C=O) groups is 1. The number of morpholine rings is 1. The second-order valence-electron chi connectivity index (χ2n) is 6.82. The number of anilines is 2. The molecule has 1 aromatic rings. The Morgan fingerprint density at radius 1 is 1.12 bits per heavy atom. The maximum Gasteiger partial charge on any atom is 0.236 e. The van der Waals surface area contributed by atoms with Crippen molar-refractivity contribution in [2.24, 2.45) is 0 Å². The molecule has 0 N–H and O–H groups in total. The van der Waals surface area contributed by atoms with Gasteiger partial charge in [-0.15, -0.1) is 0 Å². The van der Waals surface area contributed by atoms with Crippen molar-refractivity contribution in [3.63, 3.8) is 0 Å². The van der Waals surface area contributed by atoms with Crippen LogP contribution in [0.4, 0.5) is 11.8 Å². The summed E-state index contributed by atoms with van der Waals surface area (Å²) in [7, 11) is 3.90. The third-order valence-corrected chi connectivity index (χ3v) is 4.65. The Balaban J connectivity index is 1.54. The lowest BCUT2D eigenvalue weighted by molar-refractivity contribution is -0.136. The van der Waals surface area contributed by atoms with Crippen molar-refractivity contribution in [3.8, 4) is 0 Å². The molecule has 0 aromatic carbocycles. The molecule has 138 valence electrons. The van der Waals surface area contributed by atoms with E-state index >= 15 is 0 Å². The summed E-state index contributed by atoms with van der Waals surface area (Å²) in [5.74, 6) is 1.92. The molecule has 0 radical (unpaired) electrons. The van der Waals surface area contributed by atoms with Crippen LogP contribution in [0.2, 0.25) is 0 Å². The molecule has 2 aliphatic rings. The third kappa shape index (κ3) is 4.58. The van der Waals surface area contributed by atoms with E-state index in [9.17, 15) is 4.79 Å². The van der Waals surface area contributed by atoms with Crippen LogP contribution in [0.1, 0.15) is 5.69 Å². The Morgan fingerprint density at radius 3 is 2.44 bits per heavy atom. The predicted octanol–water partition coefficient (Wildman–Crippen LogP) is -0.168. The molecule has 1 amide bonds. The average molecular weight is 348 g/mol. The predicted molar refractivity (Wildman–Crippen MR) is 97.1 cm³/mol. The van der Waals surface area contributed by atoms with Gasteiger partial charge in [0.2, 0.25) is 11.9 Å². The first-order chi connectivity index (χ1) is 12.0. The van der Waals surface area contributed by atoms with Crippen LogP contribution in [-0.2, 0) is 9.53 Å². The number of carbonyl (C=O) groups excluding carboxylic acids is 1. The van der Waals surface area contributed by atoms with Crippen molar-refractivity contribution in [1.82, 2.24) is 19.8 Å². The van der Waals surface area contributed by atoms with Crippen LogP contribution in [0.15, 0.2) is 6.07 Å². The van der Waals surface area contributed by atoms with Crippen LogP contribution in [-0.4, -0.2) is 98.8 Å². The average Bonchev–Trinajstić information content (AvgIpc) is 2.62. The van der Waals surface area contributed by atoms with E-state index in [-0.39, 0.29) is 5.91 Å². The van der Waals surface area contributed by atoms with E-state index in [1.165, 1.54) is 0 Å². The van der Waals surface area contributed by atoms with Crippen LogP contribution in [0.25, 0.3) is 0 Å². The number of ether oxygens (including phenoxy) is 1. The summed E-state index contributed by atoms with van der Waals surface area (Å²) in [4.78, 5) is 29.8. The lowest BCUT2D eigenvalue weighted by Crippen LogP contribution is -2.51. The van der Waals surface area contributed by atoms with Gasteiger partial charge < -0.3 is 19.4 Å². The highest BCUT2D eigenvalue weighted by Gasteiger charge is 2.24. The van der Waals surface area contributed by atoms with Crippen LogP contribution >= 0.6 is 0 Å². The number of rotatable bonds is 4. The molecule has 2 saturated heterocycles. The molecule has 2 aliphatic heterocycles. The number of amides is 1. The SMILES string of the molecule is Cc1cc(N2CCN(CC(=O)N3CCOCC3)CC2)nc(N(C)C)n1. The molecule has 2 fully saturated rings. The lowest BCUT2D eigenvalue weighted by atomic mass is 10.3. The van der Waals surface area contributed by atoms with E-state index in [4.69, 9.17) is 4.74 Å². The minimum absolute atomic E-state index is 0.213. The Bertz CT molecular complexity index is 595. The summed E-state index contributed by atoms with van der Waals surface area (Å²) in [5.41, 5.74) is 0.971. The van der Waals surface area contributed by atoms with Gasteiger partial charge in [0.05, 0.1) is 19.8 Å². The maximum absolute atomic E-state index is 12.4. The highest BCUT2D eigenvalue weighted by molar-refractivity contribution is 5.78. The van der Waals surface area contributed by atoms with Gasteiger partial charge in [-0.05, 0) is 6.92 Å². The molecule has 1 aromatic heterocycles. The standard InChI is InChI=1S/C17H28N6O2/c1-14-12-15(19-17(18-14)20(2)3)22-6-4-21(5-7-22)13-16(24)23-8-10-25-11-9-23/h12H,4-11,13H2,1-3H3. The molecule has 3 heterocycles. The Morgan fingerprint density at radius 2 is 1.80 bits per heavy atom.